The van der Waals surface area contributed by atoms with Crippen LogP contribution >= 0.6 is 0 Å². The molecule has 2 N–H and O–H groups in total. The number of alkyl halides is 3. The summed E-state index contributed by atoms with van der Waals surface area (Å²) in [5, 5.41) is 5.61. The van der Waals surface area contributed by atoms with Gasteiger partial charge in [-0.1, -0.05) is 30.3 Å². The number of carbonyl (C=O) groups is 1. The molecule has 1 unspecified atom stereocenters. The van der Waals surface area contributed by atoms with Crippen LogP contribution in [0.25, 0.3) is 0 Å². The molecule has 0 aliphatic carbocycles. The highest BCUT2D eigenvalue weighted by Crippen LogP contribution is 2.33. The van der Waals surface area contributed by atoms with Gasteiger partial charge in [0.1, 0.15) is 11.9 Å². The Morgan fingerprint density at radius 3 is 2.41 bits per heavy atom. The standard InChI is InChI=1S/C15H11F3N2O2/c16-15(17,18)22-12-8-4-2-6-10(12)13-19-11-7-3-1-5-9(11)14(21)20-13/h1-8,13,19H,(H,20,21). The van der Waals surface area contributed by atoms with Crippen LogP contribution in [0.4, 0.5) is 18.9 Å². The van der Waals surface area contributed by atoms with E-state index < -0.39 is 12.5 Å². The van der Waals surface area contributed by atoms with Crippen molar-refractivity contribution < 1.29 is 22.7 Å². The van der Waals surface area contributed by atoms with Gasteiger partial charge in [0.2, 0.25) is 0 Å². The minimum Gasteiger partial charge on any atom is -0.405 e. The molecule has 0 bridgehead atoms. The number of benzene rings is 2. The molecule has 1 atom stereocenters. The molecule has 0 aromatic heterocycles. The van der Waals surface area contributed by atoms with Gasteiger partial charge in [0.15, 0.2) is 0 Å². The Bertz CT molecular complexity index is 716. The van der Waals surface area contributed by atoms with Gasteiger partial charge in [-0.05, 0) is 18.2 Å². The Morgan fingerprint density at radius 2 is 1.64 bits per heavy atom. The van der Waals surface area contributed by atoms with Crippen LogP contribution in [0.3, 0.4) is 0 Å². The molecule has 4 nitrogen and oxygen atoms in total. The summed E-state index contributed by atoms with van der Waals surface area (Å²) in [7, 11) is 0. The summed E-state index contributed by atoms with van der Waals surface area (Å²) in [5.41, 5.74) is 1.19. The van der Waals surface area contributed by atoms with E-state index in [4.69, 9.17) is 0 Å². The van der Waals surface area contributed by atoms with Crippen LogP contribution in [0, 0.1) is 0 Å². The van der Waals surface area contributed by atoms with Gasteiger partial charge in [0.25, 0.3) is 5.91 Å². The van der Waals surface area contributed by atoms with Gasteiger partial charge in [-0.2, -0.15) is 0 Å². The molecular weight excluding hydrogens is 297 g/mol. The number of para-hydroxylation sites is 2. The molecular formula is C15H11F3N2O2. The van der Waals surface area contributed by atoms with Crippen molar-refractivity contribution in [1.82, 2.24) is 5.32 Å². The average Bonchev–Trinajstić information content (AvgIpc) is 2.46. The van der Waals surface area contributed by atoms with Crippen LogP contribution in [0.15, 0.2) is 48.5 Å². The minimum absolute atomic E-state index is 0.197. The van der Waals surface area contributed by atoms with Crippen molar-refractivity contribution in [2.24, 2.45) is 0 Å². The molecule has 1 amide bonds. The van der Waals surface area contributed by atoms with Gasteiger partial charge in [-0.3, -0.25) is 4.79 Å². The molecule has 7 heteroatoms. The lowest BCUT2D eigenvalue weighted by atomic mass is 10.1. The Labute approximate surface area is 123 Å². The highest BCUT2D eigenvalue weighted by atomic mass is 19.4. The smallest absolute Gasteiger partial charge is 0.405 e. The number of hydrogen-bond donors (Lipinski definition) is 2. The molecule has 3 rings (SSSR count). The van der Waals surface area contributed by atoms with Gasteiger partial charge >= 0.3 is 6.36 Å². The lowest BCUT2D eigenvalue weighted by Crippen LogP contribution is -2.38. The number of fused-ring (bicyclic) bond motifs is 1. The molecule has 0 saturated carbocycles. The number of amides is 1. The predicted molar refractivity (Wildman–Crippen MR) is 73.4 cm³/mol. The van der Waals surface area contributed by atoms with Gasteiger partial charge in [-0.15, -0.1) is 13.2 Å². The molecule has 0 fully saturated rings. The molecule has 0 saturated heterocycles. The maximum atomic E-state index is 12.5. The summed E-state index contributed by atoms with van der Waals surface area (Å²) < 4.78 is 41.4. The highest BCUT2D eigenvalue weighted by molar-refractivity contribution is 6.01. The third kappa shape index (κ3) is 2.83. The summed E-state index contributed by atoms with van der Waals surface area (Å²) >= 11 is 0. The first-order chi connectivity index (χ1) is 10.4. The van der Waals surface area contributed by atoms with E-state index in [-0.39, 0.29) is 17.2 Å². The molecule has 2 aromatic rings. The van der Waals surface area contributed by atoms with Crippen molar-refractivity contribution in [1.29, 1.82) is 0 Å². The third-order valence-electron chi connectivity index (χ3n) is 3.20. The Morgan fingerprint density at radius 1 is 0.955 bits per heavy atom. The van der Waals surface area contributed by atoms with E-state index in [2.05, 4.69) is 15.4 Å². The second kappa shape index (κ2) is 5.25. The third-order valence-corrected chi connectivity index (χ3v) is 3.20. The molecule has 0 spiro atoms. The van der Waals surface area contributed by atoms with Gasteiger partial charge in [-0.25, -0.2) is 0 Å². The van der Waals surface area contributed by atoms with Crippen LogP contribution in [-0.2, 0) is 0 Å². The number of ether oxygens (including phenoxy) is 1. The van der Waals surface area contributed by atoms with Crippen molar-refractivity contribution in [2.75, 3.05) is 5.32 Å². The van der Waals surface area contributed by atoms with E-state index in [1.54, 1.807) is 30.3 Å². The first-order valence-electron chi connectivity index (χ1n) is 6.45. The number of hydrogen-bond acceptors (Lipinski definition) is 3. The predicted octanol–water partition coefficient (Wildman–Crippen LogP) is 3.44. The number of halogens is 3. The van der Waals surface area contributed by atoms with Crippen molar-refractivity contribution in [2.45, 2.75) is 12.5 Å². The fourth-order valence-corrected chi connectivity index (χ4v) is 2.30. The number of nitrogens with one attached hydrogen (secondary N) is 2. The normalized spacial score (nSPS) is 17.2. The van der Waals surface area contributed by atoms with E-state index in [1.165, 1.54) is 18.2 Å². The van der Waals surface area contributed by atoms with E-state index in [0.717, 1.165) is 0 Å². The summed E-state index contributed by atoms with van der Waals surface area (Å²) in [6.07, 6.45) is -5.60. The highest BCUT2D eigenvalue weighted by Gasteiger charge is 2.34. The Hall–Kier alpha value is -2.70. The molecule has 22 heavy (non-hydrogen) atoms. The van der Waals surface area contributed by atoms with Crippen LogP contribution in [0.2, 0.25) is 0 Å². The number of carbonyl (C=O) groups excluding carboxylic acids is 1. The lowest BCUT2D eigenvalue weighted by Gasteiger charge is -2.29. The minimum atomic E-state index is -4.80. The fourth-order valence-electron chi connectivity index (χ4n) is 2.30. The fraction of sp³-hybridized carbons (Fsp3) is 0.133. The largest absolute Gasteiger partial charge is 0.573 e. The molecule has 0 radical (unpaired) electrons. The quantitative estimate of drug-likeness (QED) is 0.893. The van der Waals surface area contributed by atoms with Crippen molar-refractivity contribution >= 4 is 11.6 Å². The maximum Gasteiger partial charge on any atom is 0.573 e. The lowest BCUT2D eigenvalue weighted by molar-refractivity contribution is -0.275. The summed E-state index contributed by atoms with van der Waals surface area (Å²) in [5.74, 6) is -0.714. The maximum absolute atomic E-state index is 12.5. The van der Waals surface area contributed by atoms with Crippen LogP contribution < -0.4 is 15.4 Å². The monoisotopic (exact) mass is 308 g/mol. The summed E-state index contributed by atoms with van der Waals surface area (Å²) in [6.45, 7) is 0. The van der Waals surface area contributed by atoms with Crippen LogP contribution in [0.1, 0.15) is 22.1 Å². The van der Waals surface area contributed by atoms with E-state index in [0.29, 0.717) is 11.3 Å². The average molecular weight is 308 g/mol. The SMILES string of the molecule is O=C1NC(c2ccccc2OC(F)(F)F)Nc2ccccc21. The Kier molecular flexibility index (Phi) is 3.40. The van der Waals surface area contributed by atoms with E-state index in [9.17, 15) is 18.0 Å². The molecule has 1 heterocycles. The topological polar surface area (TPSA) is 50.4 Å². The first-order valence-corrected chi connectivity index (χ1v) is 6.45. The molecule has 1 aliphatic heterocycles. The molecule has 1 aliphatic rings. The number of anilines is 1. The second-order valence-electron chi connectivity index (χ2n) is 4.68. The zero-order valence-electron chi connectivity index (χ0n) is 11.1. The zero-order chi connectivity index (χ0) is 15.7. The van der Waals surface area contributed by atoms with Gasteiger partial charge in [0, 0.05) is 11.3 Å². The van der Waals surface area contributed by atoms with Crippen molar-refractivity contribution in [3.05, 3.63) is 59.7 Å². The molecule has 114 valence electrons. The second-order valence-corrected chi connectivity index (χ2v) is 4.68. The van der Waals surface area contributed by atoms with E-state index in [1.807, 2.05) is 0 Å². The van der Waals surface area contributed by atoms with E-state index >= 15 is 0 Å². The van der Waals surface area contributed by atoms with Gasteiger partial charge < -0.3 is 15.4 Å². The summed E-state index contributed by atoms with van der Waals surface area (Å²) in [6, 6.07) is 12.4. The van der Waals surface area contributed by atoms with Crippen LogP contribution in [-0.4, -0.2) is 12.3 Å². The molecule has 2 aromatic carbocycles. The number of rotatable bonds is 2. The van der Waals surface area contributed by atoms with Crippen molar-refractivity contribution in [3.63, 3.8) is 0 Å². The first kappa shape index (κ1) is 14.2. The zero-order valence-corrected chi connectivity index (χ0v) is 11.1. The van der Waals surface area contributed by atoms with Crippen LogP contribution in [0.5, 0.6) is 5.75 Å². The van der Waals surface area contributed by atoms with Gasteiger partial charge in [0.05, 0.1) is 5.56 Å². The summed E-state index contributed by atoms with van der Waals surface area (Å²) in [4.78, 5) is 12.1. The Balaban J connectivity index is 1.95. The van der Waals surface area contributed by atoms with Crippen molar-refractivity contribution in [3.8, 4) is 5.75 Å².